The third-order valence-corrected chi connectivity index (χ3v) is 6.60. The van der Waals surface area contributed by atoms with E-state index in [1.807, 2.05) is 73.6 Å². The zero-order valence-corrected chi connectivity index (χ0v) is 20.9. The van der Waals surface area contributed by atoms with Crippen LogP contribution in [0, 0.1) is 0 Å². The van der Waals surface area contributed by atoms with Crippen LogP contribution in [0.25, 0.3) is 44.2 Å². The van der Waals surface area contributed by atoms with E-state index < -0.39 is 11.3 Å². The summed E-state index contributed by atoms with van der Waals surface area (Å²) in [5, 5.41) is 1.60. The molecule has 0 saturated carbocycles. The lowest BCUT2D eigenvalue weighted by atomic mass is 9.98. The molecule has 0 unspecified atom stereocenters. The molecule has 3 aromatic carbocycles. The Morgan fingerprint density at radius 1 is 0.667 bits per heavy atom. The predicted molar refractivity (Wildman–Crippen MR) is 147 cm³/mol. The van der Waals surface area contributed by atoms with Crippen molar-refractivity contribution in [3.63, 3.8) is 0 Å². The van der Waals surface area contributed by atoms with Crippen molar-refractivity contribution in [3.05, 3.63) is 93.6 Å². The Morgan fingerprint density at radius 3 is 2.06 bits per heavy atom. The molecule has 0 N–H and O–H groups in total. The first-order valence-corrected chi connectivity index (χ1v) is 12.1. The van der Waals surface area contributed by atoms with E-state index in [1.165, 1.54) is 6.07 Å². The summed E-state index contributed by atoms with van der Waals surface area (Å²) < 4.78 is 11.2. The minimum atomic E-state index is -0.420. The van der Waals surface area contributed by atoms with Gasteiger partial charge in [0, 0.05) is 61.5 Å². The van der Waals surface area contributed by atoms with Crippen molar-refractivity contribution in [1.82, 2.24) is 0 Å². The topological polar surface area (TPSA) is 66.9 Å². The molecule has 0 aliphatic rings. The number of anilines is 2. The monoisotopic (exact) mass is 480 g/mol. The van der Waals surface area contributed by atoms with E-state index in [4.69, 9.17) is 8.83 Å². The number of rotatable bonds is 6. The maximum atomic E-state index is 13.0. The molecular weight excluding hydrogens is 452 g/mol. The van der Waals surface area contributed by atoms with Gasteiger partial charge < -0.3 is 18.6 Å². The van der Waals surface area contributed by atoms with Crippen molar-refractivity contribution in [1.29, 1.82) is 0 Å². The summed E-state index contributed by atoms with van der Waals surface area (Å²) in [7, 11) is 3.96. The summed E-state index contributed by atoms with van der Waals surface area (Å²) in [5.74, 6) is 0. The highest BCUT2D eigenvalue weighted by Gasteiger charge is 2.14. The van der Waals surface area contributed by atoms with Crippen LogP contribution in [-0.4, -0.2) is 27.2 Å². The average Bonchev–Trinajstić information content (AvgIpc) is 2.88. The van der Waals surface area contributed by atoms with Crippen LogP contribution in [-0.2, 0) is 0 Å². The van der Waals surface area contributed by atoms with Crippen LogP contribution in [0.3, 0.4) is 0 Å². The Morgan fingerprint density at radius 2 is 1.36 bits per heavy atom. The lowest BCUT2D eigenvalue weighted by molar-refractivity contribution is 0.560. The van der Waals surface area contributed by atoms with Crippen molar-refractivity contribution in [2.75, 3.05) is 37.0 Å². The highest BCUT2D eigenvalue weighted by atomic mass is 16.4. The highest BCUT2D eigenvalue weighted by molar-refractivity contribution is 5.96. The zero-order chi connectivity index (χ0) is 25.4. The largest absolute Gasteiger partial charge is 0.423 e. The molecule has 0 saturated heterocycles. The number of nitrogens with zero attached hydrogens (tertiary/aromatic N) is 2. The van der Waals surface area contributed by atoms with Crippen LogP contribution >= 0.6 is 0 Å². The Labute approximate surface area is 209 Å². The molecule has 0 aliphatic heterocycles. The Hall–Kier alpha value is -4.32. The van der Waals surface area contributed by atoms with Crippen molar-refractivity contribution in [2.45, 2.75) is 13.8 Å². The zero-order valence-electron chi connectivity index (χ0n) is 20.9. The van der Waals surface area contributed by atoms with Crippen LogP contribution in [0.15, 0.2) is 91.2 Å². The van der Waals surface area contributed by atoms with Gasteiger partial charge in [-0.15, -0.1) is 0 Å². The fourth-order valence-electron chi connectivity index (χ4n) is 4.59. The summed E-state index contributed by atoms with van der Waals surface area (Å²) >= 11 is 0. The molecular formula is C30H28N2O4. The van der Waals surface area contributed by atoms with E-state index in [9.17, 15) is 9.59 Å². The first-order chi connectivity index (χ1) is 17.4. The summed E-state index contributed by atoms with van der Waals surface area (Å²) in [6.45, 7) is 5.94. The van der Waals surface area contributed by atoms with Gasteiger partial charge in [0.2, 0.25) is 0 Å². The first-order valence-electron chi connectivity index (χ1n) is 12.1. The fraction of sp³-hybridized carbons (Fsp3) is 0.200. The van der Waals surface area contributed by atoms with E-state index in [2.05, 4.69) is 18.7 Å². The van der Waals surface area contributed by atoms with Gasteiger partial charge in [-0.2, -0.15) is 0 Å². The molecule has 0 radical (unpaired) electrons. The Bertz CT molecular complexity index is 1680. The number of hydrogen-bond acceptors (Lipinski definition) is 6. The van der Waals surface area contributed by atoms with Crippen LogP contribution in [0.4, 0.5) is 11.4 Å². The van der Waals surface area contributed by atoms with Crippen molar-refractivity contribution >= 4 is 33.3 Å². The minimum absolute atomic E-state index is 0.409. The quantitative estimate of drug-likeness (QED) is 0.272. The van der Waals surface area contributed by atoms with Gasteiger partial charge in [-0.1, -0.05) is 18.2 Å². The predicted octanol–water partition coefficient (Wildman–Crippen LogP) is 6.15. The molecule has 2 aromatic heterocycles. The van der Waals surface area contributed by atoms with Crippen molar-refractivity contribution in [2.24, 2.45) is 0 Å². The van der Waals surface area contributed by atoms with E-state index >= 15 is 0 Å². The SMILES string of the molecule is CCN(CC)c1ccc2cc(-c3ccc4oc(=O)cc(-c5ccc(N(C)C)cc5)c4c3)c(=O)oc2c1. The molecule has 6 heteroatoms. The minimum Gasteiger partial charge on any atom is -0.423 e. The molecule has 5 aromatic rings. The third kappa shape index (κ3) is 4.26. The standard InChI is InChI=1S/C30H28N2O4/c1-5-32(6-2)23-13-9-21-16-25(30(34)36-28(21)17-23)20-10-14-27-26(15-20)24(18-29(33)35-27)19-7-11-22(12-8-19)31(3)4/h7-18H,5-6H2,1-4H3. The van der Waals surface area contributed by atoms with Crippen molar-refractivity contribution in [3.8, 4) is 22.3 Å². The van der Waals surface area contributed by atoms with Gasteiger partial charge in [0.15, 0.2) is 0 Å². The molecule has 2 heterocycles. The smallest absolute Gasteiger partial charge is 0.344 e. The second-order valence-electron chi connectivity index (χ2n) is 8.97. The molecule has 5 rings (SSSR count). The molecule has 0 amide bonds. The van der Waals surface area contributed by atoms with E-state index in [0.29, 0.717) is 22.3 Å². The molecule has 0 aliphatic carbocycles. The van der Waals surface area contributed by atoms with Gasteiger partial charge in [-0.3, -0.25) is 0 Å². The molecule has 0 fully saturated rings. The van der Waals surface area contributed by atoms with Gasteiger partial charge in [-0.25, -0.2) is 9.59 Å². The van der Waals surface area contributed by atoms with Crippen LogP contribution in [0.5, 0.6) is 0 Å². The number of fused-ring (bicyclic) bond motifs is 2. The third-order valence-electron chi connectivity index (χ3n) is 6.60. The molecule has 0 bridgehead atoms. The van der Waals surface area contributed by atoms with Gasteiger partial charge in [-0.05, 0) is 73.0 Å². The Balaban J connectivity index is 1.64. The molecule has 0 atom stereocenters. The Kier molecular flexibility index (Phi) is 6.10. The van der Waals surface area contributed by atoms with Gasteiger partial charge in [0.25, 0.3) is 0 Å². The lowest BCUT2D eigenvalue weighted by Crippen LogP contribution is -2.21. The molecule has 36 heavy (non-hydrogen) atoms. The van der Waals surface area contributed by atoms with Crippen molar-refractivity contribution < 1.29 is 8.83 Å². The highest BCUT2D eigenvalue weighted by Crippen LogP contribution is 2.32. The lowest BCUT2D eigenvalue weighted by Gasteiger charge is -2.21. The van der Waals surface area contributed by atoms with Crippen LogP contribution in [0.1, 0.15) is 13.8 Å². The second-order valence-corrected chi connectivity index (χ2v) is 8.97. The number of benzene rings is 3. The van der Waals surface area contributed by atoms with Gasteiger partial charge >= 0.3 is 11.3 Å². The normalized spacial score (nSPS) is 11.2. The summed E-state index contributed by atoms with van der Waals surface area (Å²) in [6, 6.07) is 22.7. The average molecular weight is 481 g/mol. The molecule has 182 valence electrons. The maximum Gasteiger partial charge on any atom is 0.344 e. The number of hydrogen-bond donors (Lipinski definition) is 0. The first kappa shape index (κ1) is 23.4. The van der Waals surface area contributed by atoms with Crippen LogP contribution < -0.4 is 21.1 Å². The molecule has 0 spiro atoms. The summed E-state index contributed by atoms with van der Waals surface area (Å²) in [5.41, 5.74) is 5.08. The van der Waals surface area contributed by atoms with Gasteiger partial charge in [0.1, 0.15) is 11.2 Å². The van der Waals surface area contributed by atoms with E-state index in [1.54, 1.807) is 12.1 Å². The van der Waals surface area contributed by atoms with E-state index in [-0.39, 0.29) is 0 Å². The van der Waals surface area contributed by atoms with Gasteiger partial charge in [0.05, 0.1) is 5.56 Å². The maximum absolute atomic E-state index is 13.0. The second kappa shape index (κ2) is 9.38. The van der Waals surface area contributed by atoms with Crippen LogP contribution in [0.2, 0.25) is 0 Å². The molecule has 6 nitrogen and oxygen atoms in total. The summed E-state index contributed by atoms with van der Waals surface area (Å²) in [4.78, 5) is 29.5. The fourth-order valence-corrected chi connectivity index (χ4v) is 4.59. The van der Waals surface area contributed by atoms with E-state index in [0.717, 1.165) is 46.4 Å². The summed E-state index contributed by atoms with van der Waals surface area (Å²) in [6.07, 6.45) is 0.